The molecule has 17 heavy (non-hydrogen) atoms. The van der Waals surface area contributed by atoms with Gasteiger partial charge in [-0.1, -0.05) is 6.07 Å². The van der Waals surface area contributed by atoms with Gasteiger partial charge in [0.2, 0.25) is 0 Å². The van der Waals surface area contributed by atoms with Crippen LogP contribution in [0.3, 0.4) is 0 Å². The zero-order chi connectivity index (χ0) is 12.3. The summed E-state index contributed by atoms with van der Waals surface area (Å²) in [5.41, 5.74) is 0.131. The lowest BCUT2D eigenvalue weighted by Crippen LogP contribution is -2.36. The number of hydrogen-bond acceptors (Lipinski definition) is 2. The molecule has 94 valence electrons. The van der Waals surface area contributed by atoms with E-state index in [2.05, 4.69) is 0 Å². The van der Waals surface area contributed by atoms with Crippen LogP contribution in [-0.2, 0) is 6.54 Å². The predicted molar refractivity (Wildman–Crippen MR) is 61.4 cm³/mol. The van der Waals surface area contributed by atoms with Crippen molar-refractivity contribution in [3.63, 3.8) is 0 Å². The molecule has 0 unspecified atom stereocenters. The van der Waals surface area contributed by atoms with Crippen molar-refractivity contribution in [1.82, 2.24) is 4.90 Å². The third kappa shape index (κ3) is 3.01. The molecule has 4 heteroatoms. The Balaban J connectivity index is 2.05. The quantitative estimate of drug-likeness (QED) is 0.876. The molecule has 0 radical (unpaired) electrons. The van der Waals surface area contributed by atoms with Gasteiger partial charge in [-0.15, -0.1) is 0 Å². The van der Waals surface area contributed by atoms with Crippen LogP contribution in [0.15, 0.2) is 18.2 Å². The molecule has 0 spiro atoms. The molecule has 1 fully saturated rings. The molecule has 1 aliphatic rings. The summed E-state index contributed by atoms with van der Waals surface area (Å²) in [5, 5.41) is 9.11. The molecule has 1 aromatic carbocycles. The SMILES string of the molecule is OC[C@@H]1CCCN(Cc2c(F)cccc2F)C1. The lowest BCUT2D eigenvalue weighted by molar-refractivity contribution is 0.114. The standard InChI is InChI=1S/C13H17F2NO/c14-12-4-1-5-13(15)11(12)8-16-6-2-3-10(7-16)9-17/h1,4-5,10,17H,2-3,6-9H2/t10-/m1/s1. The average Bonchev–Trinajstić information content (AvgIpc) is 2.34. The number of likely N-dealkylation sites (tertiary alicyclic amines) is 1. The summed E-state index contributed by atoms with van der Waals surface area (Å²) in [4.78, 5) is 2.01. The number of piperidine rings is 1. The fourth-order valence-electron chi connectivity index (χ4n) is 2.35. The maximum Gasteiger partial charge on any atom is 0.130 e. The van der Waals surface area contributed by atoms with Crippen LogP contribution in [0.1, 0.15) is 18.4 Å². The highest BCUT2D eigenvalue weighted by Crippen LogP contribution is 2.20. The lowest BCUT2D eigenvalue weighted by Gasteiger charge is -2.31. The Bertz CT molecular complexity index is 363. The van der Waals surface area contributed by atoms with Gasteiger partial charge < -0.3 is 5.11 Å². The van der Waals surface area contributed by atoms with Crippen molar-refractivity contribution in [2.75, 3.05) is 19.7 Å². The Hall–Kier alpha value is -1.00. The monoisotopic (exact) mass is 241 g/mol. The highest BCUT2D eigenvalue weighted by atomic mass is 19.1. The van der Waals surface area contributed by atoms with Gasteiger partial charge in [-0.25, -0.2) is 8.78 Å². The molecule has 2 nitrogen and oxygen atoms in total. The van der Waals surface area contributed by atoms with E-state index in [9.17, 15) is 8.78 Å². The van der Waals surface area contributed by atoms with Crippen molar-refractivity contribution < 1.29 is 13.9 Å². The van der Waals surface area contributed by atoms with Crippen LogP contribution in [0.2, 0.25) is 0 Å². The van der Waals surface area contributed by atoms with Crippen molar-refractivity contribution in [2.45, 2.75) is 19.4 Å². The van der Waals surface area contributed by atoms with Crippen molar-refractivity contribution in [3.05, 3.63) is 35.4 Å². The van der Waals surface area contributed by atoms with Gasteiger partial charge in [0.15, 0.2) is 0 Å². The zero-order valence-corrected chi connectivity index (χ0v) is 9.70. The van der Waals surface area contributed by atoms with E-state index in [0.29, 0.717) is 6.54 Å². The molecule has 0 aliphatic carbocycles. The molecule has 1 saturated heterocycles. The first-order chi connectivity index (χ1) is 8.20. The number of aliphatic hydroxyl groups is 1. The fraction of sp³-hybridized carbons (Fsp3) is 0.538. The molecule has 1 N–H and O–H groups in total. The first kappa shape index (κ1) is 12.5. The molecule has 1 aromatic rings. The summed E-state index contributed by atoms with van der Waals surface area (Å²) in [6, 6.07) is 3.94. The second-order valence-corrected chi connectivity index (χ2v) is 4.63. The largest absolute Gasteiger partial charge is 0.396 e. The first-order valence-electron chi connectivity index (χ1n) is 5.97. The van der Waals surface area contributed by atoms with E-state index >= 15 is 0 Å². The van der Waals surface area contributed by atoms with Gasteiger partial charge in [0.1, 0.15) is 11.6 Å². The Kier molecular flexibility index (Phi) is 4.07. The van der Waals surface area contributed by atoms with Gasteiger partial charge in [0, 0.05) is 25.3 Å². The maximum atomic E-state index is 13.5. The topological polar surface area (TPSA) is 23.5 Å². The van der Waals surface area contributed by atoms with E-state index in [-0.39, 0.29) is 24.6 Å². The summed E-state index contributed by atoms with van der Waals surface area (Å²) in [5.74, 6) is -0.745. The van der Waals surface area contributed by atoms with Gasteiger partial charge in [-0.05, 0) is 37.4 Å². The summed E-state index contributed by atoms with van der Waals surface area (Å²) in [6.07, 6.45) is 1.97. The van der Waals surface area contributed by atoms with Crippen LogP contribution in [0.5, 0.6) is 0 Å². The molecular weight excluding hydrogens is 224 g/mol. The number of benzene rings is 1. The van der Waals surface area contributed by atoms with E-state index in [1.807, 2.05) is 4.90 Å². The lowest BCUT2D eigenvalue weighted by atomic mass is 9.98. The predicted octanol–water partition coefficient (Wildman–Crippen LogP) is 2.17. The smallest absolute Gasteiger partial charge is 0.130 e. The molecule has 1 heterocycles. The molecule has 1 atom stereocenters. The third-order valence-electron chi connectivity index (χ3n) is 3.30. The van der Waals surface area contributed by atoms with Gasteiger partial charge in [0.05, 0.1) is 0 Å². The summed E-state index contributed by atoms with van der Waals surface area (Å²) >= 11 is 0. The van der Waals surface area contributed by atoms with Crippen molar-refractivity contribution >= 4 is 0 Å². The van der Waals surface area contributed by atoms with Crippen LogP contribution in [0.25, 0.3) is 0 Å². The number of rotatable bonds is 3. The van der Waals surface area contributed by atoms with E-state index < -0.39 is 11.6 Å². The van der Waals surface area contributed by atoms with E-state index in [1.165, 1.54) is 18.2 Å². The molecule has 0 amide bonds. The second-order valence-electron chi connectivity index (χ2n) is 4.63. The minimum Gasteiger partial charge on any atom is -0.396 e. The Morgan fingerprint density at radius 3 is 2.65 bits per heavy atom. The highest BCUT2D eigenvalue weighted by molar-refractivity contribution is 5.19. The third-order valence-corrected chi connectivity index (χ3v) is 3.30. The number of nitrogens with zero attached hydrogens (tertiary/aromatic N) is 1. The minimum absolute atomic E-state index is 0.131. The molecule has 0 bridgehead atoms. The summed E-state index contributed by atoms with van der Waals surface area (Å²) in [6.45, 7) is 1.99. The maximum absolute atomic E-state index is 13.5. The Labute approximate surface area is 99.9 Å². The fourth-order valence-corrected chi connectivity index (χ4v) is 2.35. The average molecular weight is 241 g/mol. The Morgan fingerprint density at radius 1 is 1.29 bits per heavy atom. The van der Waals surface area contributed by atoms with Gasteiger partial charge in [-0.2, -0.15) is 0 Å². The van der Waals surface area contributed by atoms with E-state index in [1.54, 1.807) is 0 Å². The van der Waals surface area contributed by atoms with Gasteiger partial charge in [-0.3, -0.25) is 4.90 Å². The van der Waals surface area contributed by atoms with Crippen molar-refractivity contribution in [2.24, 2.45) is 5.92 Å². The van der Waals surface area contributed by atoms with E-state index in [0.717, 1.165) is 19.4 Å². The van der Waals surface area contributed by atoms with Gasteiger partial charge in [0.25, 0.3) is 0 Å². The van der Waals surface area contributed by atoms with E-state index in [4.69, 9.17) is 5.11 Å². The van der Waals surface area contributed by atoms with Crippen LogP contribution in [-0.4, -0.2) is 29.7 Å². The summed E-state index contributed by atoms with van der Waals surface area (Å²) < 4.78 is 26.9. The number of aliphatic hydroxyl groups excluding tert-OH is 1. The normalized spacial score (nSPS) is 21.7. The van der Waals surface area contributed by atoms with Crippen LogP contribution >= 0.6 is 0 Å². The number of halogens is 2. The molecular formula is C13H17F2NO. The molecule has 2 rings (SSSR count). The number of hydrogen-bond donors (Lipinski definition) is 1. The van der Waals surface area contributed by atoms with Crippen molar-refractivity contribution in [1.29, 1.82) is 0 Å². The first-order valence-corrected chi connectivity index (χ1v) is 5.97. The minimum atomic E-state index is -0.490. The molecule has 0 saturated carbocycles. The molecule has 0 aromatic heterocycles. The van der Waals surface area contributed by atoms with Gasteiger partial charge >= 0.3 is 0 Å². The van der Waals surface area contributed by atoms with Crippen molar-refractivity contribution in [3.8, 4) is 0 Å². The van der Waals surface area contributed by atoms with Crippen LogP contribution < -0.4 is 0 Å². The highest BCUT2D eigenvalue weighted by Gasteiger charge is 2.21. The van der Waals surface area contributed by atoms with Crippen LogP contribution in [0, 0.1) is 17.6 Å². The Morgan fingerprint density at radius 2 is 2.00 bits per heavy atom. The second kappa shape index (κ2) is 5.56. The van der Waals surface area contributed by atoms with Crippen LogP contribution in [0.4, 0.5) is 8.78 Å². The zero-order valence-electron chi connectivity index (χ0n) is 9.70. The molecule has 1 aliphatic heterocycles. The summed E-state index contributed by atoms with van der Waals surface area (Å²) in [7, 11) is 0.